The van der Waals surface area contributed by atoms with E-state index in [2.05, 4.69) is 4.90 Å². The summed E-state index contributed by atoms with van der Waals surface area (Å²) in [5, 5.41) is 0. The van der Waals surface area contributed by atoms with E-state index in [1.807, 2.05) is 0 Å². The van der Waals surface area contributed by atoms with Crippen molar-refractivity contribution in [3.8, 4) is 0 Å². The van der Waals surface area contributed by atoms with Crippen molar-refractivity contribution >= 4 is 0 Å². The van der Waals surface area contributed by atoms with E-state index in [0.29, 0.717) is 6.04 Å². The third kappa shape index (κ3) is 1.64. The molecule has 2 rings (SSSR count). The SMILES string of the molecule is NC1CCCC1N1CCCCC1. The minimum absolute atomic E-state index is 0.475. The lowest BCUT2D eigenvalue weighted by atomic mass is 10.1. The summed E-state index contributed by atoms with van der Waals surface area (Å²) in [6.45, 7) is 2.61. The molecular weight excluding hydrogens is 148 g/mol. The minimum atomic E-state index is 0.475. The van der Waals surface area contributed by atoms with Crippen molar-refractivity contribution in [1.29, 1.82) is 0 Å². The Bertz CT molecular complexity index is 141. The lowest BCUT2D eigenvalue weighted by molar-refractivity contribution is 0.154. The predicted molar refractivity (Wildman–Crippen MR) is 51.0 cm³/mol. The van der Waals surface area contributed by atoms with Crippen LogP contribution in [0.15, 0.2) is 0 Å². The fraction of sp³-hybridized carbons (Fsp3) is 1.00. The second-order valence-corrected chi connectivity index (χ2v) is 4.26. The van der Waals surface area contributed by atoms with Gasteiger partial charge in [-0.25, -0.2) is 0 Å². The molecule has 1 aliphatic heterocycles. The number of rotatable bonds is 1. The fourth-order valence-electron chi connectivity index (χ4n) is 2.67. The molecular formula is C10H20N2. The molecule has 2 aliphatic rings. The summed E-state index contributed by atoms with van der Waals surface area (Å²) in [6, 6.07) is 1.20. The van der Waals surface area contributed by atoms with E-state index in [9.17, 15) is 0 Å². The Labute approximate surface area is 75.1 Å². The summed E-state index contributed by atoms with van der Waals surface area (Å²) in [5.74, 6) is 0. The quantitative estimate of drug-likeness (QED) is 0.640. The topological polar surface area (TPSA) is 29.3 Å². The molecule has 70 valence electrons. The first-order chi connectivity index (χ1) is 5.88. The largest absolute Gasteiger partial charge is 0.326 e. The smallest absolute Gasteiger partial charge is 0.0247 e. The molecule has 0 radical (unpaired) electrons. The van der Waals surface area contributed by atoms with Crippen molar-refractivity contribution in [2.24, 2.45) is 5.73 Å². The zero-order valence-electron chi connectivity index (χ0n) is 7.84. The van der Waals surface area contributed by atoms with Gasteiger partial charge in [0.1, 0.15) is 0 Å². The van der Waals surface area contributed by atoms with Gasteiger partial charge in [-0.3, -0.25) is 4.90 Å². The Morgan fingerprint density at radius 3 is 2.25 bits per heavy atom. The zero-order valence-corrected chi connectivity index (χ0v) is 7.84. The highest BCUT2D eigenvalue weighted by Crippen LogP contribution is 2.25. The van der Waals surface area contributed by atoms with Crippen molar-refractivity contribution < 1.29 is 0 Å². The van der Waals surface area contributed by atoms with Gasteiger partial charge in [0.05, 0.1) is 0 Å². The molecule has 1 saturated carbocycles. The van der Waals surface area contributed by atoms with Crippen LogP contribution in [-0.2, 0) is 0 Å². The Morgan fingerprint density at radius 1 is 0.917 bits per heavy atom. The molecule has 1 heterocycles. The Kier molecular flexibility index (Phi) is 2.66. The first-order valence-electron chi connectivity index (χ1n) is 5.37. The van der Waals surface area contributed by atoms with Gasteiger partial charge in [0.2, 0.25) is 0 Å². The van der Waals surface area contributed by atoms with Crippen LogP contribution in [0.2, 0.25) is 0 Å². The monoisotopic (exact) mass is 168 g/mol. The Hall–Kier alpha value is -0.0800. The second-order valence-electron chi connectivity index (χ2n) is 4.26. The van der Waals surface area contributed by atoms with Crippen LogP contribution >= 0.6 is 0 Å². The number of hydrogen-bond acceptors (Lipinski definition) is 2. The van der Waals surface area contributed by atoms with Gasteiger partial charge in [-0.2, -0.15) is 0 Å². The van der Waals surface area contributed by atoms with Gasteiger partial charge in [-0.05, 0) is 38.8 Å². The van der Waals surface area contributed by atoms with E-state index in [1.54, 1.807) is 0 Å². The lowest BCUT2D eigenvalue weighted by Gasteiger charge is -2.34. The molecule has 1 aliphatic carbocycles. The highest BCUT2D eigenvalue weighted by molar-refractivity contribution is 4.88. The van der Waals surface area contributed by atoms with Crippen molar-refractivity contribution in [3.63, 3.8) is 0 Å². The molecule has 0 spiro atoms. The molecule has 0 bridgehead atoms. The third-order valence-corrected chi connectivity index (χ3v) is 3.39. The second kappa shape index (κ2) is 3.75. The van der Waals surface area contributed by atoms with Crippen LogP contribution in [0.25, 0.3) is 0 Å². The predicted octanol–water partition coefficient (Wildman–Crippen LogP) is 1.35. The maximum absolute atomic E-state index is 6.07. The molecule has 0 aromatic carbocycles. The molecule has 2 heteroatoms. The summed E-state index contributed by atoms with van der Waals surface area (Å²) >= 11 is 0. The number of nitrogens with two attached hydrogens (primary N) is 1. The molecule has 2 unspecified atom stereocenters. The zero-order chi connectivity index (χ0) is 8.39. The number of likely N-dealkylation sites (tertiary alicyclic amines) is 1. The van der Waals surface area contributed by atoms with Crippen molar-refractivity contribution in [2.45, 2.75) is 50.6 Å². The molecule has 0 aromatic rings. The van der Waals surface area contributed by atoms with Crippen molar-refractivity contribution in [2.75, 3.05) is 13.1 Å². The van der Waals surface area contributed by atoms with Crippen LogP contribution in [0.1, 0.15) is 38.5 Å². The summed E-state index contributed by atoms with van der Waals surface area (Å²) in [6.07, 6.45) is 8.16. The van der Waals surface area contributed by atoms with Gasteiger partial charge in [0, 0.05) is 12.1 Å². The van der Waals surface area contributed by atoms with Crippen molar-refractivity contribution in [3.05, 3.63) is 0 Å². The Balaban J connectivity index is 1.89. The average molecular weight is 168 g/mol. The van der Waals surface area contributed by atoms with Crippen LogP contribution in [0.4, 0.5) is 0 Å². The van der Waals surface area contributed by atoms with E-state index in [1.165, 1.54) is 51.6 Å². The summed E-state index contributed by atoms with van der Waals surface area (Å²) in [4.78, 5) is 2.63. The van der Waals surface area contributed by atoms with Gasteiger partial charge < -0.3 is 5.73 Å². The molecule has 12 heavy (non-hydrogen) atoms. The molecule has 2 nitrogen and oxygen atoms in total. The van der Waals surface area contributed by atoms with E-state index in [-0.39, 0.29) is 0 Å². The third-order valence-electron chi connectivity index (χ3n) is 3.39. The van der Waals surface area contributed by atoms with E-state index < -0.39 is 0 Å². The molecule has 2 fully saturated rings. The van der Waals surface area contributed by atoms with E-state index in [0.717, 1.165) is 6.04 Å². The standard InChI is InChI=1S/C10H20N2/c11-9-5-4-6-10(9)12-7-2-1-3-8-12/h9-10H,1-8,11H2. The highest BCUT2D eigenvalue weighted by Gasteiger charge is 2.29. The molecule has 0 aromatic heterocycles. The molecule has 2 N–H and O–H groups in total. The van der Waals surface area contributed by atoms with Gasteiger partial charge in [-0.1, -0.05) is 12.8 Å². The van der Waals surface area contributed by atoms with Gasteiger partial charge >= 0.3 is 0 Å². The first kappa shape index (κ1) is 8.52. The summed E-state index contributed by atoms with van der Waals surface area (Å²) < 4.78 is 0. The van der Waals surface area contributed by atoms with Gasteiger partial charge in [0.15, 0.2) is 0 Å². The highest BCUT2D eigenvalue weighted by atomic mass is 15.2. The maximum atomic E-state index is 6.07. The van der Waals surface area contributed by atoms with Crippen LogP contribution in [-0.4, -0.2) is 30.1 Å². The molecule has 0 amide bonds. The van der Waals surface area contributed by atoms with E-state index in [4.69, 9.17) is 5.73 Å². The molecule has 2 atom stereocenters. The summed E-state index contributed by atoms with van der Waals surface area (Å²) in [7, 11) is 0. The average Bonchev–Trinajstić information content (AvgIpc) is 2.53. The van der Waals surface area contributed by atoms with Crippen LogP contribution < -0.4 is 5.73 Å². The van der Waals surface area contributed by atoms with Crippen LogP contribution in [0.3, 0.4) is 0 Å². The molecule has 1 saturated heterocycles. The number of piperidine rings is 1. The van der Waals surface area contributed by atoms with Crippen molar-refractivity contribution in [1.82, 2.24) is 4.90 Å². The lowest BCUT2D eigenvalue weighted by Crippen LogP contribution is -2.46. The minimum Gasteiger partial charge on any atom is -0.326 e. The maximum Gasteiger partial charge on any atom is 0.0247 e. The Morgan fingerprint density at radius 2 is 1.67 bits per heavy atom. The van der Waals surface area contributed by atoms with Gasteiger partial charge in [0.25, 0.3) is 0 Å². The fourth-order valence-corrected chi connectivity index (χ4v) is 2.67. The first-order valence-corrected chi connectivity index (χ1v) is 5.37. The van der Waals surface area contributed by atoms with E-state index >= 15 is 0 Å². The normalized spacial score (nSPS) is 38.8. The number of hydrogen-bond donors (Lipinski definition) is 1. The summed E-state index contributed by atoms with van der Waals surface area (Å²) in [5.41, 5.74) is 6.07. The number of nitrogens with zero attached hydrogens (tertiary/aromatic N) is 1. The van der Waals surface area contributed by atoms with Gasteiger partial charge in [-0.15, -0.1) is 0 Å². The van der Waals surface area contributed by atoms with Crippen LogP contribution in [0.5, 0.6) is 0 Å². The van der Waals surface area contributed by atoms with Crippen LogP contribution in [0, 0.1) is 0 Å².